The molecule has 1 aromatic heterocycles. The van der Waals surface area contributed by atoms with Crippen molar-refractivity contribution in [2.75, 3.05) is 32.9 Å². The van der Waals surface area contributed by atoms with Crippen LogP contribution >= 0.6 is 0 Å². The van der Waals surface area contributed by atoms with Gasteiger partial charge in [-0.2, -0.15) is 5.10 Å². The van der Waals surface area contributed by atoms with Gasteiger partial charge in [0.1, 0.15) is 5.69 Å². The molecule has 4 rings (SSSR count). The molecule has 30 heavy (non-hydrogen) atoms. The first-order valence-corrected chi connectivity index (χ1v) is 10.8. The quantitative estimate of drug-likeness (QED) is 0.653. The highest BCUT2D eigenvalue weighted by Gasteiger charge is 2.41. The van der Waals surface area contributed by atoms with E-state index in [1.165, 1.54) is 5.56 Å². The smallest absolute Gasteiger partial charge is 0.274 e. The summed E-state index contributed by atoms with van der Waals surface area (Å²) < 4.78 is 19.7. The lowest BCUT2D eigenvalue weighted by Crippen LogP contribution is -2.52. The minimum atomic E-state index is -0.172. The van der Waals surface area contributed by atoms with Crippen LogP contribution in [0.15, 0.2) is 42.6 Å². The van der Waals surface area contributed by atoms with E-state index in [-0.39, 0.29) is 17.6 Å². The number of carbonyl (C=O) groups is 1. The molecule has 3 heterocycles. The van der Waals surface area contributed by atoms with Crippen LogP contribution in [0.25, 0.3) is 0 Å². The highest BCUT2D eigenvalue weighted by Crippen LogP contribution is 2.36. The maximum Gasteiger partial charge on any atom is 0.274 e. The maximum absolute atomic E-state index is 12.6. The number of hydrogen-bond acceptors (Lipinski definition) is 5. The summed E-state index contributed by atoms with van der Waals surface area (Å²) in [6.45, 7) is 3.90. The van der Waals surface area contributed by atoms with E-state index in [0.29, 0.717) is 45.2 Å². The second kappa shape index (κ2) is 9.73. The second-order valence-corrected chi connectivity index (χ2v) is 8.22. The molecule has 1 atom stereocenters. The molecule has 0 aliphatic carbocycles. The van der Waals surface area contributed by atoms with Crippen molar-refractivity contribution in [3.63, 3.8) is 0 Å². The number of aromatic nitrogens is 2. The zero-order valence-electron chi connectivity index (χ0n) is 17.7. The van der Waals surface area contributed by atoms with Crippen molar-refractivity contribution in [2.45, 2.75) is 44.0 Å². The zero-order chi connectivity index (χ0) is 20.8. The summed E-state index contributed by atoms with van der Waals surface area (Å²) in [5, 5.41) is 4.23. The molecular formula is C23H31N3O4. The highest BCUT2D eigenvalue weighted by molar-refractivity contribution is 5.92. The maximum atomic E-state index is 12.6. The topological polar surface area (TPSA) is 65.8 Å². The van der Waals surface area contributed by atoms with Gasteiger partial charge in [-0.15, -0.1) is 0 Å². The Hall–Kier alpha value is -2.22. The fourth-order valence-electron chi connectivity index (χ4n) is 4.32. The minimum absolute atomic E-state index is 0.00428. The summed E-state index contributed by atoms with van der Waals surface area (Å²) >= 11 is 0. The number of aryl methyl sites for hydroxylation is 1. The molecule has 1 unspecified atom stereocenters. The Labute approximate surface area is 177 Å². The Balaban J connectivity index is 1.19. The number of ether oxygens (including phenoxy) is 3. The Morgan fingerprint density at radius 3 is 2.73 bits per heavy atom. The summed E-state index contributed by atoms with van der Waals surface area (Å²) in [6.07, 6.45) is 5.48. The van der Waals surface area contributed by atoms with Gasteiger partial charge in [0.25, 0.3) is 5.91 Å². The second-order valence-electron chi connectivity index (χ2n) is 8.22. The SMILES string of the molecule is Cn1ccc(C(=O)N2CCC3(CC2)CC(OCCOCc2ccccc2)CCO3)n1. The largest absolute Gasteiger partial charge is 0.376 e. The van der Waals surface area contributed by atoms with E-state index in [0.717, 1.165) is 25.7 Å². The monoisotopic (exact) mass is 413 g/mol. The van der Waals surface area contributed by atoms with E-state index in [9.17, 15) is 4.79 Å². The molecule has 1 aromatic carbocycles. The first-order valence-electron chi connectivity index (χ1n) is 10.8. The van der Waals surface area contributed by atoms with Gasteiger partial charge in [0.05, 0.1) is 31.5 Å². The molecule has 2 fully saturated rings. The van der Waals surface area contributed by atoms with Crippen LogP contribution < -0.4 is 0 Å². The zero-order valence-corrected chi connectivity index (χ0v) is 17.7. The number of carbonyl (C=O) groups excluding carboxylic acids is 1. The normalized spacial score (nSPS) is 21.1. The van der Waals surface area contributed by atoms with Gasteiger partial charge < -0.3 is 19.1 Å². The van der Waals surface area contributed by atoms with Crippen molar-refractivity contribution >= 4 is 5.91 Å². The number of nitrogens with zero attached hydrogens (tertiary/aromatic N) is 3. The van der Waals surface area contributed by atoms with Crippen molar-refractivity contribution < 1.29 is 19.0 Å². The van der Waals surface area contributed by atoms with Crippen molar-refractivity contribution in [1.82, 2.24) is 14.7 Å². The minimum Gasteiger partial charge on any atom is -0.376 e. The third-order valence-corrected chi connectivity index (χ3v) is 6.04. The number of hydrogen-bond donors (Lipinski definition) is 0. The average molecular weight is 414 g/mol. The lowest BCUT2D eigenvalue weighted by molar-refractivity contribution is -0.155. The van der Waals surface area contributed by atoms with Gasteiger partial charge in [-0.3, -0.25) is 9.48 Å². The molecular weight excluding hydrogens is 382 g/mol. The molecule has 2 aromatic rings. The summed E-state index contributed by atoms with van der Waals surface area (Å²) in [5.74, 6) is 0.00428. The average Bonchev–Trinajstić information content (AvgIpc) is 3.21. The number of benzene rings is 1. The third kappa shape index (κ3) is 5.28. The van der Waals surface area contributed by atoms with E-state index in [2.05, 4.69) is 17.2 Å². The number of amides is 1. The van der Waals surface area contributed by atoms with Gasteiger partial charge >= 0.3 is 0 Å². The molecule has 2 aliphatic rings. The standard InChI is InChI=1S/C23H31N3O4/c1-25-11-7-21(24-25)22(27)26-12-9-23(10-13-26)17-20(8-14-30-23)29-16-15-28-18-19-5-3-2-4-6-19/h2-7,11,20H,8-10,12-18H2,1H3. The van der Waals surface area contributed by atoms with Crippen LogP contribution in [0.2, 0.25) is 0 Å². The molecule has 0 bridgehead atoms. The first-order chi connectivity index (χ1) is 14.6. The molecule has 1 spiro atoms. The molecule has 0 saturated carbocycles. The van der Waals surface area contributed by atoms with E-state index in [1.54, 1.807) is 16.9 Å². The predicted molar refractivity (Wildman–Crippen MR) is 112 cm³/mol. The van der Waals surface area contributed by atoms with E-state index in [1.807, 2.05) is 30.1 Å². The van der Waals surface area contributed by atoms with Gasteiger partial charge in [0.2, 0.25) is 0 Å². The Bertz CT molecular complexity index is 815. The molecule has 7 heteroatoms. The Kier molecular flexibility index (Phi) is 6.82. The third-order valence-electron chi connectivity index (χ3n) is 6.04. The molecule has 2 saturated heterocycles. The predicted octanol–water partition coefficient (Wildman–Crippen LogP) is 2.81. The first kappa shape index (κ1) is 21.0. The van der Waals surface area contributed by atoms with Gasteiger partial charge in [0.15, 0.2) is 0 Å². The molecule has 7 nitrogen and oxygen atoms in total. The van der Waals surface area contributed by atoms with Crippen molar-refractivity contribution in [2.24, 2.45) is 7.05 Å². The molecule has 0 radical (unpaired) electrons. The summed E-state index contributed by atoms with van der Waals surface area (Å²) in [7, 11) is 1.82. The van der Waals surface area contributed by atoms with Gasteiger partial charge in [-0.1, -0.05) is 30.3 Å². The summed E-state index contributed by atoms with van der Waals surface area (Å²) in [4.78, 5) is 14.5. The van der Waals surface area contributed by atoms with Crippen molar-refractivity contribution in [3.05, 3.63) is 53.9 Å². The van der Waals surface area contributed by atoms with Crippen LogP contribution in [0.3, 0.4) is 0 Å². The van der Waals surface area contributed by atoms with Crippen LogP contribution in [-0.4, -0.2) is 65.2 Å². The van der Waals surface area contributed by atoms with Crippen molar-refractivity contribution in [1.29, 1.82) is 0 Å². The molecule has 0 N–H and O–H groups in total. The van der Waals surface area contributed by atoms with E-state index >= 15 is 0 Å². The van der Waals surface area contributed by atoms with Crippen molar-refractivity contribution in [3.8, 4) is 0 Å². The molecule has 2 aliphatic heterocycles. The summed E-state index contributed by atoms with van der Waals surface area (Å²) in [5.41, 5.74) is 1.51. The van der Waals surface area contributed by atoms with Gasteiger partial charge in [-0.25, -0.2) is 0 Å². The number of likely N-dealkylation sites (tertiary alicyclic amines) is 1. The van der Waals surface area contributed by atoms with Crippen LogP contribution in [-0.2, 0) is 27.9 Å². The summed E-state index contributed by atoms with van der Waals surface area (Å²) in [6, 6.07) is 11.9. The van der Waals surface area contributed by atoms with E-state index < -0.39 is 0 Å². The van der Waals surface area contributed by atoms with Gasteiger partial charge in [-0.05, 0) is 30.9 Å². The Morgan fingerprint density at radius 2 is 2.00 bits per heavy atom. The highest BCUT2D eigenvalue weighted by atomic mass is 16.5. The lowest BCUT2D eigenvalue weighted by Gasteiger charge is -2.46. The van der Waals surface area contributed by atoms with Crippen LogP contribution in [0.5, 0.6) is 0 Å². The number of rotatable bonds is 7. The van der Waals surface area contributed by atoms with Crippen LogP contribution in [0.4, 0.5) is 0 Å². The fraction of sp³-hybridized carbons (Fsp3) is 0.565. The van der Waals surface area contributed by atoms with Crippen LogP contribution in [0, 0.1) is 0 Å². The Morgan fingerprint density at radius 1 is 1.20 bits per heavy atom. The molecule has 1 amide bonds. The lowest BCUT2D eigenvalue weighted by atomic mass is 9.83. The van der Waals surface area contributed by atoms with Crippen LogP contribution in [0.1, 0.15) is 41.7 Å². The fourth-order valence-corrected chi connectivity index (χ4v) is 4.32. The molecule has 162 valence electrons. The number of piperidine rings is 1. The van der Waals surface area contributed by atoms with Gasteiger partial charge in [0, 0.05) is 39.4 Å². The van der Waals surface area contributed by atoms with E-state index in [4.69, 9.17) is 14.2 Å².